The maximum absolute atomic E-state index is 10.3. The number of methoxy groups -OCH3 is 1. The maximum Gasteiger partial charge on any atom is 0.172 e. The Balaban J connectivity index is 2.11. The van der Waals surface area contributed by atoms with E-state index in [-0.39, 0.29) is 0 Å². The molecule has 5 heteroatoms. The van der Waals surface area contributed by atoms with Gasteiger partial charge in [-0.2, -0.15) is 0 Å². The zero-order valence-electron chi connectivity index (χ0n) is 11.2. The molecule has 0 bridgehead atoms. The van der Waals surface area contributed by atoms with Crippen LogP contribution in [-0.4, -0.2) is 36.5 Å². The molecule has 2 atom stereocenters. The maximum atomic E-state index is 10.3. The van der Waals surface area contributed by atoms with Crippen LogP contribution in [0.1, 0.15) is 6.42 Å². The average molecular weight is 294 g/mol. The molecule has 2 heterocycles. The van der Waals surface area contributed by atoms with Crippen molar-refractivity contribution in [1.82, 2.24) is 0 Å². The van der Waals surface area contributed by atoms with Gasteiger partial charge in [-0.1, -0.05) is 6.08 Å². The fourth-order valence-electron chi connectivity index (χ4n) is 2.54. The molecule has 2 aliphatic rings. The number of rotatable bonds is 2. The number of ether oxygens (including phenoxy) is 2. The Labute approximate surface area is 122 Å². The van der Waals surface area contributed by atoms with Crippen LogP contribution in [0.15, 0.2) is 34.8 Å². The highest BCUT2D eigenvalue weighted by Gasteiger charge is 2.39. The van der Waals surface area contributed by atoms with Gasteiger partial charge in [0.2, 0.25) is 0 Å². The van der Waals surface area contributed by atoms with Crippen molar-refractivity contribution in [3.63, 3.8) is 0 Å². The van der Waals surface area contributed by atoms with Crippen LogP contribution in [0.3, 0.4) is 0 Å². The number of hydrogen-bond donors (Lipinski definition) is 1. The Kier molecular flexibility index (Phi) is 3.54. The summed E-state index contributed by atoms with van der Waals surface area (Å²) in [4.78, 5) is 3.33. The number of nitrogens with zero attached hydrogens (tertiary/aromatic N) is 1. The first-order chi connectivity index (χ1) is 9.63. The highest BCUT2D eigenvalue weighted by Crippen LogP contribution is 2.35. The van der Waals surface area contributed by atoms with Gasteiger partial charge in [-0.05, 0) is 35.4 Å². The molecule has 0 amide bonds. The molecule has 1 aromatic carbocycles. The van der Waals surface area contributed by atoms with Crippen LogP contribution in [0.5, 0.6) is 5.75 Å². The third-order valence-electron chi connectivity index (χ3n) is 3.70. The second kappa shape index (κ2) is 5.20. The quantitative estimate of drug-likeness (QED) is 0.647. The number of benzene rings is 1. The monoisotopic (exact) mass is 293 g/mol. The van der Waals surface area contributed by atoms with Gasteiger partial charge in [0.05, 0.1) is 25.7 Å². The molecule has 0 aliphatic carbocycles. The lowest BCUT2D eigenvalue weighted by Crippen LogP contribution is -2.46. The molecule has 0 saturated heterocycles. The molecule has 3 rings (SSSR count). The highest BCUT2D eigenvalue weighted by atomic mass is 35.5. The number of hydrogen-bond acceptors (Lipinski definition) is 4. The Morgan fingerprint density at radius 2 is 2.35 bits per heavy atom. The minimum atomic E-state index is -1.01. The lowest BCUT2D eigenvalue weighted by molar-refractivity contribution is 0.134. The number of aliphatic hydroxyl groups is 1. The Morgan fingerprint density at radius 3 is 3.05 bits per heavy atom. The minimum absolute atomic E-state index is 0.528. The molecule has 20 heavy (non-hydrogen) atoms. The van der Waals surface area contributed by atoms with Crippen LogP contribution in [-0.2, 0) is 4.74 Å². The first kappa shape index (κ1) is 13.6. The van der Waals surface area contributed by atoms with Crippen molar-refractivity contribution in [1.29, 1.82) is 0 Å². The third kappa shape index (κ3) is 2.24. The summed E-state index contributed by atoms with van der Waals surface area (Å²) in [6.45, 7) is 1.15. The molecule has 106 valence electrons. The molecule has 0 saturated carbocycles. The number of fused-ring (bicyclic) bond motifs is 1. The smallest absolute Gasteiger partial charge is 0.172 e. The van der Waals surface area contributed by atoms with Crippen LogP contribution in [0.2, 0.25) is 0 Å². The van der Waals surface area contributed by atoms with Crippen LogP contribution in [0.4, 0.5) is 0 Å². The molecule has 0 spiro atoms. The molecule has 0 aromatic heterocycles. The Hall–Kier alpha value is -1.36. The van der Waals surface area contributed by atoms with Crippen LogP contribution in [0, 0.1) is 0 Å². The minimum Gasteiger partial charge on any atom is -0.497 e. The van der Waals surface area contributed by atoms with Crippen LogP contribution < -0.4 is 15.3 Å². The molecular formula is C15H16ClNO3. The topological polar surface area (TPSA) is 51.0 Å². The van der Waals surface area contributed by atoms with Gasteiger partial charge in [0, 0.05) is 6.07 Å². The van der Waals surface area contributed by atoms with Crippen LogP contribution >= 0.6 is 11.6 Å². The predicted octanol–water partition coefficient (Wildman–Crippen LogP) is 0.752. The van der Waals surface area contributed by atoms with Gasteiger partial charge in [0.15, 0.2) is 6.23 Å². The van der Waals surface area contributed by atoms with E-state index in [0.29, 0.717) is 30.7 Å². The Bertz CT molecular complexity index is 670. The predicted molar refractivity (Wildman–Crippen MR) is 76.3 cm³/mol. The van der Waals surface area contributed by atoms with E-state index in [0.717, 1.165) is 10.8 Å². The van der Waals surface area contributed by atoms with E-state index >= 15 is 0 Å². The largest absolute Gasteiger partial charge is 0.497 e. The molecular weight excluding hydrogens is 278 g/mol. The molecule has 0 fully saturated rings. The normalized spacial score (nSPS) is 28.8. The second-order valence-electron chi connectivity index (χ2n) is 4.89. The molecule has 1 N–H and O–H groups in total. The summed E-state index contributed by atoms with van der Waals surface area (Å²) in [6.07, 6.45) is 3.50. The summed E-state index contributed by atoms with van der Waals surface area (Å²) < 4.78 is 10.5. The van der Waals surface area contributed by atoms with E-state index in [9.17, 15) is 5.11 Å². The van der Waals surface area contributed by atoms with Gasteiger partial charge in [0.25, 0.3) is 0 Å². The van der Waals surface area contributed by atoms with E-state index in [1.807, 2.05) is 24.3 Å². The SMILES string of the molecule is COc1ccc2c(c1)=NC(O)C(Cl)(C1=CCOCC1)C=2. The second-order valence-corrected chi connectivity index (χ2v) is 5.52. The van der Waals surface area contributed by atoms with Crippen molar-refractivity contribution >= 4 is 17.7 Å². The van der Waals surface area contributed by atoms with Crippen molar-refractivity contribution in [2.24, 2.45) is 4.99 Å². The van der Waals surface area contributed by atoms with Gasteiger partial charge in [-0.25, -0.2) is 0 Å². The summed E-state index contributed by atoms with van der Waals surface area (Å²) >= 11 is 6.65. The van der Waals surface area contributed by atoms with E-state index in [1.165, 1.54) is 0 Å². The number of alkyl halides is 1. The summed E-state index contributed by atoms with van der Waals surface area (Å²) in [5.41, 5.74) is 0.961. The molecule has 0 radical (unpaired) electrons. The lowest BCUT2D eigenvalue weighted by Gasteiger charge is -2.33. The van der Waals surface area contributed by atoms with Crippen molar-refractivity contribution in [3.05, 3.63) is 40.4 Å². The van der Waals surface area contributed by atoms with E-state index in [4.69, 9.17) is 21.1 Å². The first-order valence-corrected chi connectivity index (χ1v) is 6.90. The highest BCUT2D eigenvalue weighted by molar-refractivity contribution is 6.30. The van der Waals surface area contributed by atoms with Gasteiger partial charge in [-0.3, -0.25) is 4.99 Å². The fraction of sp³-hybridized carbons (Fsp3) is 0.400. The lowest BCUT2D eigenvalue weighted by atomic mass is 9.90. The number of halogens is 1. The van der Waals surface area contributed by atoms with Gasteiger partial charge < -0.3 is 14.6 Å². The van der Waals surface area contributed by atoms with E-state index in [2.05, 4.69) is 4.99 Å². The third-order valence-corrected chi connectivity index (χ3v) is 4.24. The van der Waals surface area contributed by atoms with E-state index in [1.54, 1.807) is 13.2 Å². The average Bonchev–Trinajstić information content (AvgIpc) is 2.49. The summed E-state index contributed by atoms with van der Waals surface area (Å²) in [5, 5.41) is 11.9. The molecule has 2 unspecified atom stereocenters. The zero-order valence-corrected chi connectivity index (χ0v) is 11.9. The first-order valence-electron chi connectivity index (χ1n) is 6.52. The van der Waals surface area contributed by atoms with Crippen molar-refractivity contribution < 1.29 is 14.6 Å². The van der Waals surface area contributed by atoms with Gasteiger partial charge >= 0.3 is 0 Å². The Morgan fingerprint density at radius 1 is 1.50 bits per heavy atom. The van der Waals surface area contributed by atoms with Crippen molar-refractivity contribution in [2.45, 2.75) is 17.5 Å². The van der Waals surface area contributed by atoms with Crippen molar-refractivity contribution in [2.75, 3.05) is 20.3 Å². The van der Waals surface area contributed by atoms with Crippen molar-refractivity contribution in [3.8, 4) is 5.75 Å². The molecule has 4 nitrogen and oxygen atoms in total. The standard InChI is InChI=1S/C15H16ClNO3/c1-19-12-3-2-10-9-15(16,11-4-6-20-7-5-11)14(18)17-13(10)8-12/h2-4,8-9,14,18H,5-7H2,1H3. The van der Waals surface area contributed by atoms with Gasteiger partial charge in [-0.15, -0.1) is 11.6 Å². The summed E-state index contributed by atoms with van der Waals surface area (Å²) in [7, 11) is 1.60. The summed E-state index contributed by atoms with van der Waals surface area (Å²) in [6, 6.07) is 5.56. The molecule has 2 aliphatic heterocycles. The van der Waals surface area contributed by atoms with Gasteiger partial charge in [0.1, 0.15) is 10.6 Å². The zero-order chi connectivity index (χ0) is 14.2. The van der Waals surface area contributed by atoms with Crippen LogP contribution in [0.25, 0.3) is 6.08 Å². The summed E-state index contributed by atoms with van der Waals surface area (Å²) in [5.74, 6) is 0.709. The van der Waals surface area contributed by atoms with E-state index < -0.39 is 11.1 Å². The number of aliphatic hydroxyl groups excluding tert-OH is 1. The fourth-order valence-corrected chi connectivity index (χ4v) is 2.88. The molecule has 1 aromatic rings.